The average molecular weight is 360 g/mol. The van der Waals surface area contributed by atoms with E-state index in [1.165, 1.54) is 0 Å². The van der Waals surface area contributed by atoms with Crippen molar-refractivity contribution in [1.82, 2.24) is 4.98 Å². The van der Waals surface area contributed by atoms with Crippen molar-refractivity contribution in [2.24, 2.45) is 5.73 Å². The molecule has 1 amide bonds. The van der Waals surface area contributed by atoms with Gasteiger partial charge < -0.3 is 5.73 Å². The molecule has 0 fully saturated rings. The molecule has 0 aliphatic carbocycles. The number of nitrogens with zero attached hydrogens (tertiary/aromatic N) is 1. The molecule has 0 aliphatic rings. The van der Waals surface area contributed by atoms with E-state index in [2.05, 4.69) is 20.9 Å². The molecule has 0 bridgehead atoms. The molecule has 19 heavy (non-hydrogen) atoms. The molecule has 2 aromatic rings. The summed E-state index contributed by atoms with van der Waals surface area (Å²) >= 11 is 15.5. The Labute approximate surface area is 128 Å². The summed E-state index contributed by atoms with van der Waals surface area (Å²) in [5.74, 6) is -1.32. The zero-order valence-corrected chi connectivity index (χ0v) is 12.7. The average Bonchev–Trinajstić information content (AvgIpc) is 2.35. The zero-order chi connectivity index (χ0) is 14.0. The lowest BCUT2D eigenvalue weighted by molar-refractivity contribution is -0.118. The van der Waals surface area contributed by atoms with Crippen LogP contribution in [-0.4, -0.2) is 10.9 Å². The SMILES string of the molecule is NC(=O)C(c1ccc(Br)cn1)c1c(Cl)cccc1Cl. The number of nitrogens with two attached hydrogens (primary N) is 1. The number of carbonyl (C=O) groups is 1. The Morgan fingerprint density at radius 2 is 1.84 bits per heavy atom. The number of amides is 1. The number of hydrogen-bond acceptors (Lipinski definition) is 2. The van der Waals surface area contributed by atoms with Gasteiger partial charge in [-0.15, -0.1) is 0 Å². The molecule has 2 N–H and O–H groups in total. The van der Waals surface area contributed by atoms with E-state index >= 15 is 0 Å². The van der Waals surface area contributed by atoms with Gasteiger partial charge in [0.25, 0.3) is 0 Å². The Balaban J connectivity index is 2.58. The number of benzene rings is 1. The maximum atomic E-state index is 11.7. The van der Waals surface area contributed by atoms with Gasteiger partial charge in [0.2, 0.25) is 5.91 Å². The second kappa shape index (κ2) is 5.90. The molecule has 0 saturated heterocycles. The molecular weight excluding hydrogens is 351 g/mol. The minimum absolute atomic E-state index is 0.390. The Morgan fingerprint density at radius 1 is 1.21 bits per heavy atom. The van der Waals surface area contributed by atoms with Crippen molar-refractivity contribution in [3.63, 3.8) is 0 Å². The van der Waals surface area contributed by atoms with Crippen LogP contribution in [0.1, 0.15) is 17.2 Å². The molecule has 1 aromatic carbocycles. The molecule has 1 aromatic heterocycles. The van der Waals surface area contributed by atoms with Crippen molar-refractivity contribution in [3.8, 4) is 0 Å². The van der Waals surface area contributed by atoms with Crippen LogP contribution < -0.4 is 5.73 Å². The minimum Gasteiger partial charge on any atom is -0.369 e. The fraction of sp³-hybridized carbons (Fsp3) is 0.0769. The smallest absolute Gasteiger partial charge is 0.231 e. The fourth-order valence-corrected chi connectivity index (χ4v) is 2.63. The molecule has 3 nitrogen and oxygen atoms in total. The summed E-state index contributed by atoms with van der Waals surface area (Å²) in [6.45, 7) is 0. The quantitative estimate of drug-likeness (QED) is 0.906. The summed E-state index contributed by atoms with van der Waals surface area (Å²) in [5, 5.41) is 0.780. The number of pyridine rings is 1. The van der Waals surface area contributed by atoms with E-state index in [0.717, 1.165) is 4.47 Å². The van der Waals surface area contributed by atoms with E-state index in [-0.39, 0.29) is 0 Å². The van der Waals surface area contributed by atoms with Gasteiger partial charge in [-0.1, -0.05) is 29.3 Å². The third-order valence-corrected chi connectivity index (χ3v) is 3.75. The Kier molecular flexibility index (Phi) is 4.45. The topological polar surface area (TPSA) is 56.0 Å². The molecule has 0 saturated carbocycles. The van der Waals surface area contributed by atoms with Crippen molar-refractivity contribution >= 4 is 45.0 Å². The highest BCUT2D eigenvalue weighted by molar-refractivity contribution is 9.10. The Bertz CT molecular complexity index is 596. The van der Waals surface area contributed by atoms with Crippen molar-refractivity contribution in [2.45, 2.75) is 5.92 Å². The number of aromatic nitrogens is 1. The van der Waals surface area contributed by atoms with Gasteiger partial charge in [0.05, 0.1) is 5.69 Å². The highest BCUT2D eigenvalue weighted by atomic mass is 79.9. The van der Waals surface area contributed by atoms with Gasteiger partial charge in [-0.2, -0.15) is 0 Å². The Hall–Kier alpha value is -1.10. The highest BCUT2D eigenvalue weighted by Crippen LogP contribution is 2.35. The predicted octanol–water partition coefficient (Wildman–Crippen LogP) is 3.77. The molecule has 0 radical (unpaired) electrons. The lowest BCUT2D eigenvalue weighted by Gasteiger charge is -2.16. The predicted molar refractivity (Wildman–Crippen MR) is 79.4 cm³/mol. The van der Waals surface area contributed by atoms with Gasteiger partial charge in [-0.25, -0.2) is 0 Å². The molecule has 6 heteroatoms. The Morgan fingerprint density at radius 3 is 2.32 bits per heavy atom. The summed E-state index contributed by atoms with van der Waals surface area (Å²) in [5.41, 5.74) is 6.45. The standard InChI is InChI=1S/C13H9BrCl2N2O/c14-7-4-5-10(18-6-7)12(13(17)19)11-8(15)2-1-3-9(11)16/h1-6,12H,(H2,17,19). The van der Waals surface area contributed by atoms with Gasteiger partial charge in [-0.05, 0) is 40.2 Å². The van der Waals surface area contributed by atoms with Gasteiger partial charge in [0, 0.05) is 26.3 Å². The molecule has 2 rings (SSSR count). The maximum absolute atomic E-state index is 11.7. The van der Waals surface area contributed by atoms with E-state index in [4.69, 9.17) is 28.9 Å². The summed E-state index contributed by atoms with van der Waals surface area (Å²) < 4.78 is 0.810. The first kappa shape index (κ1) is 14.3. The molecule has 1 atom stereocenters. The molecule has 1 heterocycles. The third kappa shape index (κ3) is 3.08. The summed E-state index contributed by atoms with van der Waals surface area (Å²) in [7, 11) is 0. The number of primary amides is 1. The second-order valence-corrected chi connectivity index (χ2v) is 5.60. The molecule has 98 valence electrons. The first-order chi connectivity index (χ1) is 9.00. The first-order valence-electron chi connectivity index (χ1n) is 5.35. The van der Waals surface area contributed by atoms with Crippen LogP contribution in [0.2, 0.25) is 10.0 Å². The van der Waals surface area contributed by atoms with E-state index in [1.807, 2.05) is 0 Å². The lowest BCUT2D eigenvalue weighted by atomic mass is 9.94. The van der Waals surface area contributed by atoms with E-state index in [9.17, 15) is 4.79 Å². The maximum Gasteiger partial charge on any atom is 0.231 e. The van der Waals surface area contributed by atoms with Crippen LogP contribution in [-0.2, 0) is 4.79 Å². The minimum atomic E-state index is -0.769. The van der Waals surface area contributed by atoms with Gasteiger partial charge in [-0.3, -0.25) is 9.78 Å². The summed E-state index contributed by atoms with van der Waals surface area (Å²) in [4.78, 5) is 15.9. The number of halogens is 3. The van der Waals surface area contributed by atoms with Crippen LogP contribution in [0.5, 0.6) is 0 Å². The normalized spacial score (nSPS) is 12.2. The summed E-state index contributed by atoms with van der Waals surface area (Å²) in [6, 6.07) is 8.53. The molecule has 0 aliphatic heterocycles. The van der Waals surface area contributed by atoms with Crippen molar-refractivity contribution in [1.29, 1.82) is 0 Å². The fourth-order valence-electron chi connectivity index (χ4n) is 1.78. The second-order valence-electron chi connectivity index (χ2n) is 3.87. The van der Waals surface area contributed by atoms with Crippen LogP contribution in [0.25, 0.3) is 0 Å². The van der Waals surface area contributed by atoms with Crippen LogP contribution in [0.15, 0.2) is 41.0 Å². The van der Waals surface area contributed by atoms with Crippen molar-refractivity contribution < 1.29 is 4.79 Å². The first-order valence-corrected chi connectivity index (χ1v) is 6.90. The van der Waals surface area contributed by atoms with Gasteiger partial charge in [0.15, 0.2) is 0 Å². The van der Waals surface area contributed by atoms with Gasteiger partial charge >= 0.3 is 0 Å². The number of carbonyl (C=O) groups excluding carboxylic acids is 1. The van der Waals surface area contributed by atoms with E-state index < -0.39 is 11.8 Å². The van der Waals surface area contributed by atoms with Gasteiger partial charge in [0.1, 0.15) is 5.92 Å². The molecule has 1 unspecified atom stereocenters. The summed E-state index contributed by atoms with van der Waals surface area (Å²) in [6.07, 6.45) is 1.59. The monoisotopic (exact) mass is 358 g/mol. The highest BCUT2D eigenvalue weighted by Gasteiger charge is 2.26. The van der Waals surface area contributed by atoms with Crippen LogP contribution in [0.3, 0.4) is 0 Å². The lowest BCUT2D eigenvalue weighted by Crippen LogP contribution is -2.23. The third-order valence-electron chi connectivity index (χ3n) is 2.62. The molecular formula is C13H9BrCl2N2O. The molecule has 0 spiro atoms. The van der Waals surface area contributed by atoms with E-state index in [1.54, 1.807) is 36.5 Å². The largest absolute Gasteiger partial charge is 0.369 e. The van der Waals surface area contributed by atoms with Crippen LogP contribution >= 0.6 is 39.1 Å². The number of rotatable bonds is 3. The number of hydrogen-bond donors (Lipinski definition) is 1. The van der Waals surface area contributed by atoms with E-state index in [0.29, 0.717) is 21.3 Å². The zero-order valence-electron chi connectivity index (χ0n) is 9.61. The van der Waals surface area contributed by atoms with Crippen LogP contribution in [0.4, 0.5) is 0 Å². The van der Waals surface area contributed by atoms with Crippen molar-refractivity contribution in [3.05, 3.63) is 62.3 Å². The van der Waals surface area contributed by atoms with Crippen molar-refractivity contribution in [2.75, 3.05) is 0 Å². The van der Waals surface area contributed by atoms with Crippen LogP contribution in [0, 0.1) is 0 Å².